The number of carbonyl (C=O) groups is 1. The molecule has 3 atom stereocenters. The van der Waals surface area contributed by atoms with Crippen molar-refractivity contribution in [3.63, 3.8) is 0 Å². The second-order valence-corrected chi connectivity index (χ2v) is 7.84. The highest BCUT2D eigenvalue weighted by atomic mass is 32.2. The third-order valence-electron chi connectivity index (χ3n) is 3.98. The highest BCUT2D eigenvalue weighted by Gasteiger charge is 2.39. The van der Waals surface area contributed by atoms with E-state index < -0.39 is 15.4 Å². The van der Waals surface area contributed by atoms with Crippen LogP contribution in [-0.2, 0) is 19.4 Å². The summed E-state index contributed by atoms with van der Waals surface area (Å²) >= 11 is 0. The highest BCUT2D eigenvalue weighted by Crippen LogP contribution is 2.24. The summed E-state index contributed by atoms with van der Waals surface area (Å²) in [7, 11) is -3.04. The van der Waals surface area contributed by atoms with Crippen molar-refractivity contribution in [1.82, 2.24) is 10.6 Å². The van der Waals surface area contributed by atoms with Crippen LogP contribution >= 0.6 is 0 Å². The first-order valence-electron chi connectivity index (χ1n) is 6.85. The lowest BCUT2D eigenvalue weighted by Crippen LogP contribution is -2.50. The van der Waals surface area contributed by atoms with Gasteiger partial charge in [0, 0.05) is 38.6 Å². The fraction of sp³-hybridized carbons (Fsp3) is 0.917. The van der Waals surface area contributed by atoms with E-state index in [0.29, 0.717) is 19.6 Å². The Balaban J connectivity index is 1.78. The maximum Gasteiger partial charge on any atom is 0.221 e. The van der Waals surface area contributed by atoms with Gasteiger partial charge >= 0.3 is 0 Å². The molecule has 0 aromatic rings. The van der Waals surface area contributed by atoms with Crippen LogP contribution in [-0.4, -0.2) is 68.4 Å². The Labute approximate surface area is 119 Å². The van der Waals surface area contributed by atoms with Gasteiger partial charge in [-0.2, -0.15) is 0 Å². The standard InChI is InChI=1S/C12H22N2O5S/c1-9-12(16,2-4-19-9)8-14-11(15)6-10-7-20(17,18)5-3-13-10/h9-10,13,16H,2-8H2,1H3,(H,14,15). The number of ether oxygens (including phenoxy) is 1. The summed E-state index contributed by atoms with van der Waals surface area (Å²) < 4.78 is 28.2. The third-order valence-corrected chi connectivity index (χ3v) is 5.72. The SMILES string of the molecule is CC1OCCC1(O)CNC(=O)CC1CS(=O)(=O)CCN1. The van der Waals surface area contributed by atoms with Crippen molar-refractivity contribution in [3.05, 3.63) is 0 Å². The molecule has 116 valence electrons. The molecule has 8 heteroatoms. The van der Waals surface area contributed by atoms with Gasteiger partial charge in [0.2, 0.25) is 5.91 Å². The van der Waals surface area contributed by atoms with Crippen LogP contribution in [0.5, 0.6) is 0 Å². The van der Waals surface area contributed by atoms with Gasteiger partial charge in [-0.1, -0.05) is 0 Å². The normalized spacial score (nSPS) is 36.7. The van der Waals surface area contributed by atoms with E-state index in [2.05, 4.69) is 10.6 Å². The molecule has 0 aromatic carbocycles. The fourth-order valence-electron chi connectivity index (χ4n) is 2.55. The van der Waals surface area contributed by atoms with Gasteiger partial charge in [-0.3, -0.25) is 4.79 Å². The molecule has 3 unspecified atom stereocenters. The molecular weight excluding hydrogens is 284 g/mol. The third kappa shape index (κ3) is 3.91. The molecule has 2 rings (SSSR count). The van der Waals surface area contributed by atoms with Crippen LogP contribution in [0.3, 0.4) is 0 Å². The lowest BCUT2D eigenvalue weighted by atomic mass is 9.96. The molecule has 0 radical (unpaired) electrons. The van der Waals surface area contributed by atoms with Gasteiger partial charge in [0.25, 0.3) is 0 Å². The highest BCUT2D eigenvalue weighted by molar-refractivity contribution is 7.91. The maximum absolute atomic E-state index is 11.8. The van der Waals surface area contributed by atoms with Crippen molar-refractivity contribution in [2.45, 2.75) is 37.5 Å². The minimum atomic E-state index is -3.04. The van der Waals surface area contributed by atoms with Crippen LogP contribution in [0.4, 0.5) is 0 Å². The average molecular weight is 306 g/mol. The predicted molar refractivity (Wildman–Crippen MR) is 73.1 cm³/mol. The Morgan fingerprint density at radius 1 is 1.55 bits per heavy atom. The first-order valence-corrected chi connectivity index (χ1v) is 8.67. The molecule has 0 aliphatic carbocycles. The van der Waals surface area contributed by atoms with Crippen molar-refractivity contribution >= 4 is 15.7 Å². The lowest BCUT2D eigenvalue weighted by molar-refractivity contribution is -0.123. The lowest BCUT2D eigenvalue weighted by Gasteiger charge is -2.27. The summed E-state index contributed by atoms with van der Waals surface area (Å²) in [4.78, 5) is 11.8. The molecule has 2 saturated heterocycles. The van der Waals surface area contributed by atoms with Gasteiger partial charge in [0.1, 0.15) is 5.60 Å². The maximum atomic E-state index is 11.8. The Morgan fingerprint density at radius 2 is 2.30 bits per heavy atom. The largest absolute Gasteiger partial charge is 0.385 e. The van der Waals surface area contributed by atoms with Crippen molar-refractivity contribution in [1.29, 1.82) is 0 Å². The number of carbonyl (C=O) groups excluding carboxylic acids is 1. The van der Waals surface area contributed by atoms with Gasteiger partial charge in [-0.05, 0) is 6.92 Å². The minimum Gasteiger partial charge on any atom is -0.385 e. The van der Waals surface area contributed by atoms with Crippen molar-refractivity contribution in [3.8, 4) is 0 Å². The predicted octanol–water partition coefficient (Wildman–Crippen LogP) is -1.58. The Bertz CT molecular complexity index is 466. The van der Waals surface area contributed by atoms with Gasteiger partial charge in [0.05, 0.1) is 17.6 Å². The molecule has 2 fully saturated rings. The van der Waals surface area contributed by atoms with Crippen LogP contribution in [0, 0.1) is 0 Å². The zero-order valence-electron chi connectivity index (χ0n) is 11.6. The molecule has 1 amide bonds. The average Bonchev–Trinajstić information content (AvgIpc) is 2.67. The summed E-state index contributed by atoms with van der Waals surface area (Å²) in [6.45, 7) is 2.77. The summed E-state index contributed by atoms with van der Waals surface area (Å²) in [6, 6.07) is -0.347. The van der Waals surface area contributed by atoms with Gasteiger partial charge in [-0.15, -0.1) is 0 Å². The van der Waals surface area contributed by atoms with Gasteiger partial charge < -0.3 is 20.5 Å². The molecule has 0 bridgehead atoms. The topological polar surface area (TPSA) is 105 Å². The summed E-state index contributed by atoms with van der Waals surface area (Å²) in [5.74, 6) is -0.142. The van der Waals surface area contributed by atoms with Gasteiger partial charge in [-0.25, -0.2) is 8.42 Å². The van der Waals surface area contributed by atoms with E-state index in [-0.39, 0.29) is 42.5 Å². The first-order chi connectivity index (χ1) is 9.31. The first kappa shape index (κ1) is 15.7. The zero-order valence-corrected chi connectivity index (χ0v) is 12.4. The molecule has 3 N–H and O–H groups in total. The second kappa shape index (κ2) is 5.97. The number of rotatable bonds is 4. The molecule has 20 heavy (non-hydrogen) atoms. The molecule has 0 aromatic heterocycles. The minimum absolute atomic E-state index is 0.00972. The van der Waals surface area contributed by atoms with Crippen LogP contribution in [0.2, 0.25) is 0 Å². The number of sulfone groups is 1. The number of hydrogen-bond acceptors (Lipinski definition) is 6. The number of amides is 1. The Hall–Kier alpha value is -0.700. The van der Waals surface area contributed by atoms with E-state index in [4.69, 9.17) is 4.74 Å². The van der Waals surface area contributed by atoms with Gasteiger partial charge in [0.15, 0.2) is 9.84 Å². The number of aliphatic hydroxyl groups is 1. The summed E-state index contributed by atoms with van der Waals surface area (Å²) in [5.41, 5.74) is -1.03. The fourth-order valence-corrected chi connectivity index (χ4v) is 3.99. The molecule has 2 aliphatic heterocycles. The molecule has 2 heterocycles. The zero-order chi connectivity index (χ0) is 14.8. The monoisotopic (exact) mass is 306 g/mol. The van der Waals surface area contributed by atoms with E-state index in [1.807, 2.05) is 0 Å². The van der Waals surface area contributed by atoms with Crippen LogP contribution in [0.1, 0.15) is 19.8 Å². The molecule has 0 spiro atoms. The number of hydrogen-bond donors (Lipinski definition) is 3. The van der Waals surface area contributed by atoms with Crippen LogP contribution < -0.4 is 10.6 Å². The van der Waals surface area contributed by atoms with E-state index in [0.717, 1.165) is 0 Å². The molecule has 7 nitrogen and oxygen atoms in total. The van der Waals surface area contributed by atoms with Crippen molar-refractivity contribution < 1.29 is 23.1 Å². The molecule has 2 aliphatic rings. The molecular formula is C12H22N2O5S. The Morgan fingerprint density at radius 3 is 2.90 bits per heavy atom. The van der Waals surface area contributed by atoms with E-state index in [1.165, 1.54) is 0 Å². The van der Waals surface area contributed by atoms with Crippen molar-refractivity contribution in [2.24, 2.45) is 0 Å². The number of nitrogens with one attached hydrogen (secondary N) is 2. The second-order valence-electron chi connectivity index (χ2n) is 5.61. The Kier molecular flexibility index (Phi) is 4.68. The smallest absolute Gasteiger partial charge is 0.221 e. The van der Waals surface area contributed by atoms with Crippen molar-refractivity contribution in [2.75, 3.05) is 31.2 Å². The van der Waals surface area contributed by atoms with Crippen LogP contribution in [0.25, 0.3) is 0 Å². The summed E-state index contributed by atoms with van der Waals surface area (Å²) in [5, 5.41) is 15.9. The quantitative estimate of drug-likeness (QED) is 0.579. The molecule has 0 saturated carbocycles. The van der Waals surface area contributed by atoms with Crippen LogP contribution in [0.15, 0.2) is 0 Å². The van der Waals surface area contributed by atoms with E-state index in [1.54, 1.807) is 6.92 Å². The summed E-state index contributed by atoms with van der Waals surface area (Å²) in [6.07, 6.45) is 0.283. The van der Waals surface area contributed by atoms with E-state index in [9.17, 15) is 18.3 Å². The van der Waals surface area contributed by atoms with E-state index >= 15 is 0 Å².